The Kier molecular flexibility index (Phi) is 3.23. The highest BCUT2D eigenvalue weighted by Crippen LogP contribution is 2.32. The number of nitrogens with zero attached hydrogens (tertiary/aromatic N) is 1. The lowest BCUT2D eigenvalue weighted by Gasteiger charge is -2.10. The van der Waals surface area contributed by atoms with Crippen molar-refractivity contribution in [1.82, 2.24) is 4.98 Å². The summed E-state index contributed by atoms with van der Waals surface area (Å²) in [5.74, 6) is 0.420. The minimum atomic E-state index is -4.38. The standard InChI is InChI=1S/C13H10F3NO/c1-9-4-3-7-17-12(9)18-11-6-2-5-10(8-11)13(14,15)16/h2-8H,1H3. The van der Waals surface area contributed by atoms with Gasteiger partial charge in [-0.3, -0.25) is 0 Å². The van der Waals surface area contributed by atoms with Gasteiger partial charge in [-0.2, -0.15) is 13.2 Å². The summed E-state index contributed by atoms with van der Waals surface area (Å²) in [5, 5.41) is 0. The van der Waals surface area contributed by atoms with Crippen LogP contribution >= 0.6 is 0 Å². The van der Waals surface area contributed by atoms with Crippen LogP contribution in [0.5, 0.6) is 11.6 Å². The number of benzene rings is 1. The van der Waals surface area contributed by atoms with E-state index in [1.807, 2.05) is 0 Å². The number of halogens is 3. The Hall–Kier alpha value is -2.04. The summed E-state index contributed by atoms with van der Waals surface area (Å²) in [6.45, 7) is 1.77. The van der Waals surface area contributed by atoms with E-state index in [2.05, 4.69) is 4.98 Å². The van der Waals surface area contributed by atoms with Gasteiger partial charge in [0.2, 0.25) is 5.88 Å². The van der Waals surface area contributed by atoms with Gasteiger partial charge in [-0.25, -0.2) is 4.98 Å². The molecule has 1 aromatic heterocycles. The number of rotatable bonds is 2. The number of hydrogen-bond donors (Lipinski definition) is 0. The SMILES string of the molecule is Cc1cccnc1Oc1cccc(C(F)(F)F)c1. The lowest BCUT2D eigenvalue weighted by molar-refractivity contribution is -0.137. The first kappa shape index (κ1) is 12.4. The fourth-order valence-corrected chi connectivity index (χ4v) is 1.43. The van der Waals surface area contributed by atoms with Crippen molar-refractivity contribution in [3.05, 3.63) is 53.7 Å². The van der Waals surface area contributed by atoms with E-state index >= 15 is 0 Å². The Morgan fingerprint density at radius 1 is 1.11 bits per heavy atom. The van der Waals surface area contributed by atoms with Crippen molar-refractivity contribution in [2.24, 2.45) is 0 Å². The van der Waals surface area contributed by atoms with Crippen LogP contribution in [0.1, 0.15) is 11.1 Å². The van der Waals surface area contributed by atoms with E-state index < -0.39 is 11.7 Å². The maximum absolute atomic E-state index is 12.5. The molecule has 2 rings (SSSR count). The van der Waals surface area contributed by atoms with Crippen LogP contribution in [0.25, 0.3) is 0 Å². The molecule has 0 N–H and O–H groups in total. The molecule has 0 bridgehead atoms. The van der Waals surface area contributed by atoms with Crippen molar-refractivity contribution in [3.8, 4) is 11.6 Å². The lowest BCUT2D eigenvalue weighted by Crippen LogP contribution is -2.04. The number of pyridine rings is 1. The number of aromatic nitrogens is 1. The Morgan fingerprint density at radius 2 is 1.89 bits per heavy atom. The fraction of sp³-hybridized carbons (Fsp3) is 0.154. The Labute approximate surface area is 102 Å². The number of hydrogen-bond acceptors (Lipinski definition) is 2. The molecule has 0 fully saturated rings. The van der Waals surface area contributed by atoms with Crippen LogP contribution in [0.3, 0.4) is 0 Å². The van der Waals surface area contributed by atoms with Crippen LogP contribution in [-0.2, 0) is 6.18 Å². The summed E-state index contributed by atoms with van der Waals surface area (Å²) >= 11 is 0. The van der Waals surface area contributed by atoms with Crippen molar-refractivity contribution in [3.63, 3.8) is 0 Å². The van der Waals surface area contributed by atoms with Gasteiger partial charge in [0, 0.05) is 11.8 Å². The molecule has 0 atom stereocenters. The third-order valence-corrected chi connectivity index (χ3v) is 2.34. The highest BCUT2D eigenvalue weighted by Gasteiger charge is 2.30. The third kappa shape index (κ3) is 2.80. The highest BCUT2D eigenvalue weighted by atomic mass is 19.4. The number of aryl methyl sites for hydroxylation is 1. The van der Waals surface area contributed by atoms with Crippen LogP contribution in [0, 0.1) is 6.92 Å². The maximum Gasteiger partial charge on any atom is 0.416 e. The average molecular weight is 253 g/mol. The van der Waals surface area contributed by atoms with Gasteiger partial charge in [0.15, 0.2) is 0 Å². The number of alkyl halides is 3. The van der Waals surface area contributed by atoms with E-state index in [-0.39, 0.29) is 5.75 Å². The molecular formula is C13H10F3NO. The zero-order valence-corrected chi connectivity index (χ0v) is 9.53. The zero-order valence-electron chi connectivity index (χ0n) is 9.53. The van der Waals surface area contributed by atoms with E-state index in [1.54, 1.807) is 19.1 Å². The molecule has 0 aliphatic rings. The Balaban J connectivity index is 2.28. The van der Waals surface area contributed by atoms with Crippen molar-refractivity contribution in [2.45, 2.75) is 13.1 Å². The van der Waals surface area contributed by atoms with Crippen LogP contribution < -0.4 is 4.74 Å². The fourth-order valence-electron chi connectivity index (χ4n) is 1.43. The second-order valence-corrected chi connectivity index (χ2v) is 3.75. The van der Waals surface area contributed by atoms with Gasteiger partial charge >= 0.3 is 6.18 Å². The van der Waals surface area contributed by atoms with E-state index in [4.69, 9.17) is 4.74 Å². The van der Waals surface area contributed by atoms with Crippen molar-refractivity contribution in [1.29, 1.82) is 0 Å². The van der Waals surface area contributed by atoms with Crippen LogP contribution in [0.15, 0.2) is 42.6 Å². The van der Waals surface area contributed by atoms with E-state index in [0.717, 1.165) is 17.7 Å². The molecule has 0 spiro atoms. The molecular weight excluding hydrogens is 243 g/mol. The van der Waals surface area contributed by atoms with Gasteiger partial charge in [-0.1, -0.05) is 12.1 Å². The zero-order chi connectivity index (χ0) is 13.2. The summed E-state index contributed by atoms with van der Waals surface area (Å²) in [7, 11) is 0. The first-order valence-electron chi connectivity index (χ1n) is 5.23. The van der Waals surface area contributed by atoms with E-state index in [0.29, 0.717) is 5.88 Å². The second-order valence-electron chi connectivity index (χ2n) is 3.75. The van der Waals surface area contributed by atoms with Gasteiger partial charge in [0.25, 0.3) is 0 Å². The predicted molar refractivity (Wildman–Crippen MR) is 60.5 cm³/mol. The monoisotopic (exact) mass is 253 g/mol. The molecule has 2 aromatic rings. The van der Waals surface area contributed by atoms with Crippen molar-refractivity contribution >= 4 is 0 Å². The summed E-state index contributed by atoms with van der Waals surface area (Å²) in [4.78, 5) is 3.96. The lowest BCUT2D eigenvalue weighted by atomic mass is 10.2. The molecule has 0 saturated heterocycles. The van der Waals surface area contributed by atoms with Gasteiger partial charge in [-0.05, 0) is 31.2 Å². The predicted octanol–water partition coefficient (Wildman–Crippen LogP) is 4.20. The maximum atomic E-state index is 12.5. The van der Waals surface area contributed by atoms with Crippen molar-refractivity contribution < 1.29 is 17.9 Å². The molecule has 0 amide bonds. The summed E-state index contributed by atoms with van der Waals surface area (Å²) < 4.78 is 42.9. The number of ether oxygens (including phenoxy) is 1. The van der Waals surface area contributed by atoms with Gasteiger partial charge < -0.3 is 4.74 Å². The topological polar surface area (TPSA) is 22.1 Å². The van der Waals surface area contributed by atoms with E-state index in [9.17, 15) is 13.2 Å². The average Bonchev–Trinajstić information content (AvgIpc) is 2.31. The minimum absolute atomic E-state index is 0.117. The summed E-state index contributed by atoms with van der Waals surface area (Å²) in [5.41, 5.74) is 0.0171. The second kappa shape index (κ2) is 4.68. The molecule has 94 valence electrons. The molecule has 2 nitrogen and oxygen atoms in total. The molecule has 0 aliphatic heterocycles. The minimum Gasteiger partial charge on any atom is -0.439 e. The quantitative estimate of drug-likeness (QED) is 0.800. The molecule has 0 radical (unpaired) electrons. The highest BCUT2D eigenvalue weighted by molar-refractivity contribution is 5.35. The molecule has 0 aliphatic carbocycles. The van der Waals surface area contributed by atoms with Gasteiger partial charge in [-0.15, -0.1) is 0 Å². The van der Waals surface area contributed by atoms with Crippen LogP contribution in [0.2, 0.25) is 0 Å². The molecule has 0 unspecified atom stereocenters. The van der Waals surface area contributed by atoms with Crippen molar-refractivity contribution in [2.75, 3.05) is 0 Å². The molecule has 1 aromatic carbocycles. The molecule has 18 heavy (non-hydrogen) atoms. The Morgan fingerprint density at radius 3 is 2.56 bits per heavy atom. The normalized spacial score (nSPS) is 11.3. The van der Waals surface area contributed by atoms with Crippen LogP contribution in [-0.4, -0.2) is 4.98 Å². The van der Waals surface area contributed by atoms with Crippen LogP contribution in [0.4, 0.5) is 13.2 Å². The first-order valence-corrected chi connectivity index (χ1v) is 5.23. The largest absolute Gasteiger partial charge is 0.439 e. The van der Waals surface area contributed by atoms with Gasteiger partial charge in [0.05, 0.1) is 5.56 Å². The van der Waals surface area contributed by atoms with Gasteiger partial charge in [0.1, 0.15) is 5.75 Å². The first-order chi connectivity index (χ1) is 8.47. The summed E-state index contributed by atoms with van der Waals surface area (Å²) in [6.07, 6.45) is -2.85. The molecule has 0 saturated carbocycles. The third-order valence-electron chi connectivity index (χ3n) is 2.34. The molecule has 1 heterocycles. The molecule has 5 heteroatoms. The smallest absolute Gasteiger partial charge is 0.416 e. The Bertz CT molecular complexity index is 552. The van der Waals surface area contributed by atoms with E-state index in [1.165, 1.54) is 18.3 Å². The summed E-state index contributed by atoms with van der Waals surface area (Å²) in [6, 6.07) is 8.22.